The molecule has 0 fully saturated rings. The van der Waals surface area contributed by atoms with Crippen molar-refractivity contribution in [3.05, 3.63) is 77.0 Å². The molecule has 0 saturated heterocycles. The van der Waals surface area contributed by atoms with Crippen LogP contribution in [0.5, 0.6) is 5.75 Å². The van der Waals surface area contributed by atoms with Crippen molar-refractivity contribution < 1.29 is 23.5 Å². The quantitative estimate of drug-likeness (QED) is 0.591. The zero-order valence-corrected chi connectivity index (χ0v) is 16.7. The first kappa shape index (κ1) is 20.3. The van der Waals surface area contributed by atoms with Gasteiger partial charge in [0.2, 0.25) is 0 Å². The maximum atomic E-state index is 12.4. The number of rotatable bonds is 8. The van der Waals surface area contributed by atoms with Gasteiger partial charge in [-0.2, -0.15) is 0 Å². The van der Waals surface area contributed by atoms with E-state index in [1.54, 1.807) is 19.4 Å². The number of amides is 1. The zero-order chi connectivity index (χ0) is 20.8. The number of ether oxygens (including phenoxy) is 2. The van der Waals surface area contributed by atoms with Crippen LogP contribution in [-0.2, 0) is 22.6 Å². The largest absolute Gasteiger partial charge is 0.497 e. The summed E-state index contributed by atoms with van der Waals surface area (Å²) in [5.74, 6) is 0.614. The van der Waals surface area contributed by atoms with E-state index in [4.69, 9.17) is 13.9 Å². The van der Waals surface area contributed by atoms with Crippen molar-refractivity contribution >= 4 is 11.9 Å². The van der Waals surface area contributed by atoms with E-state index in [1.807, 2.05) is 54.8 Å². The summed E-state index contributed by atoms with van der Waals surface area (Å²) in [6.07, 6.45) is 1.61. The van der Waals surface area contributed by atoms with Gasteiger partial charge in [-0.25, -0.2) is 4.79 Å². The number of carbonyl (C=O) groups excluding carboxylic acids is 2. The SMILES string of the molecule is COc1cccc(CNC(=O)COC(=O)c2cc(C)n(Cc3ccco3)c2C)c1. The molecule has 2 heterocycles. The lowest BCUT2D eigenvalue weighted by Crippen LogP contribution is -2.28. The van der Waals surface area contributed by atoms with E-state index in [9.17, 15) is 9.59 Å². The maximum Gasteiger partial charge on any atom is 0.340 e. The Morgan fingerprint density at radius 3 is 2.69 bits per heavy atom. The number of hydrogen-bond acceptors (Lipinski definition) is 5. The molecule has 7 nitrogen and oxygen atoms in total. The van der Waals surface area contributed by atoms with Gasteiger partial charge in [-0.15, -0.1) is 0 Å². The number of carbonyl (C=O) groups is 2. The Bertz CT molecular complexity index is 989. The standard InChI is InChI=1S/C22H24N2O5/c1-15-10-20(16(2)24(15)13-19-8-5-9-28-19)22(26)29-14-21(25)23-12-17-6-4-7-18(11-17)27-3/h4-11H,12-14H2,1-3H3,(H,23,25). The van der Waals surface area contributed by atoms with Crippen LogP contribution in [0.15, 0.2) is 53.1 Å². The van der Waals surface area contributed by atoms with Crippen LogP contribution >= 0.6 is 0 Å². The van der Waals surface area contributed by atoms with Gasteiger partial charge in [0.1, 0.15) is 11.5 Å². The highest BCUT2D eigenvalue weighted by Gasteiger charge is 2.18. The average molecular weight is 396 g/mol. The van der Waals surface area contributed by atoms with Gasteiger partial charge in [-0.1, -0.05) is 12.1 Å². The molecule has 3 aromatic rings. The Balaban J connectivity index is 1.54. The van der Waals surface area contributed by atoms with Gasteiger partial charge in [-0.3, -0.25) is 4.79 Å². The normalized spacial score (nSPS) is 10.6. The first-order valence-corrected chi connectivity index (χ1v) is 9.23. The highest BCUT2D eigenvalue weighted by Crippen LogP contribution is 2.18. The fraction of sp³-hybridized carbons (Fsp3) is 0.273. The van der Waals surface area contributed by atoms with Gasteiger partial charge in [-0.05, 0) is 49.7 Å². The lowest BCUT2D eigenvalue weighted by Gasteiger charge is -2.09. The van der Waals surface area contributed by atoms with Gasteiger partial charge in [0.15, 0.2) is 6.61 Å². The molecule has 0 spiro atoms. The number of hydrogen-bond donors (Lipinski definition) is 1. The molecular weight excluding hydrogens is 372 g/mol. The summed E-state index contributed by atoms with van der Waals surface area (Å²) >= 11 is 0. The predicted molar refractivity (Wildman–Crippen MR) is 107 cm³/mol. The Morgan fingerprint density at radius 1 is 1.14 bits per heavy atom. The van der Waals surface area contributed by atoms with Gasteiger partial charge in [0, 0.05) is 17.9 Å². The van der Waals surface area contributed by atoms with E-state index in [-0.39, 0.29) is 12.5 Å². The molecule has 152 valence electrons. The Kier molecular flexibility index (Phi) is 6.39. The molecule has 0 aliphatic heterocycles. The minimum Gasteiger partial charge on any atom is -0.497 e. The highest BCUT2D eigenvalue weighted by molar-refractivity contribution is 5.92. The Labute approximate surface area is 169 Å². The summed E-state index contributed by atoms with van der Waals surface area (Å²) in [6.45, 7) is 4.26. The van der Waals surface area contributed by atoms with E-state index < -0.39 is 5.97 Å². The van der Waals surface area contributed by atoms with Crippen molar-refractivity contribution in [3.8, 4) is 5.75 Å². The minimum atomic E-state index is -0.527. The van der Waals surface area contributed by atoms with Gasteiger partial charge < -0.3 is 23.8 Å². The van der Waals surface area contributed by atoms with Crippen LogP contribution in [0.4, 0.5) is 0 Å². The molecule has 29 heavy (non-hydrogen) atoms. The average Bonchev–Trinajstić information content (AvgIpc) is 3.34. The van der Waals surface area contributed by atoms with E-state index in [0.717, 1.165) is 22.7 Å². The van der Waals surface area contributed by atoms with Crippen LogP contribution in [0.3, 0.4) is 0 Å². The number of aromatic nitrogens is 1. The highest BCUT2D eigenvalue weighted by atomic mass is 16.5. The monoisotopic (exact) mass is 396 g/mol. The Morgan fingerprint density at radius 2 is 1.97 bits per heavy atom. The summed E-state index contributed by atoms with van der Waals surface area (Å²) in [5, 5.41) is 2.73. The van der Waals surface area contributed by atoms with E-state index >= 15 is 0 Å². The topological polar surface area (TPSA) is 82.7 Å². The second-order valence-corrected chi connectivity index (χ2v) is 6.65. The summed E-state index contributed by atoms with van der Waals surface area (Å²) in [5.41, 5.74) is 3.01. The molecule has 0 radical (unpaired) electrons. The summed E-state index contributed by atoms with van der Waals surface area (Å²) in [6, 6.07) is 12.8. The zero-order valence-electron chi connectivity index (χ0n) is 16.7. The maximum absolute atomic E-state index is 12.4. The van der Waals surface area contributed by atoms with Crippen LogP contribution in [0.2, 0.25) is 0 Å². The molecule has 1 amide bonds. The van der Waals surface area contributed by atoms with E-state index in [0.29, 0.717) is 24.4 Å². The van der Waals surface area contributed by atoms with Crippen LogP contribution < -0.4 is 10.1 Å². The van der Waals surface area contributed by atoms with E-state index in [1.165, 1.54) is 0 Å². The third-order valence-corrected chi connectivity index (χ3v) is 4.65. The predicted octanol–water partition coefficient (Wildman–Crippen LogP) is 3.23. The van der Waals surface area contributed by atoms with Gasteiger partial charge in [0.05, 0.1) is 25.5 Å². The van der Waals surface area contributed by atoms with Crippen LogP contribution in [-0.4, -0.2) is 30.2 Å². The fourth-order valence-corrected chi connectivity index (χ4v) is 3.05. The number of methoxy groups -OCH3 is 1. The number of nitrogens with one attached hydrogen (secondary N) is 1. The number of benzene rings is 1. The van der Waals surface area contributed by atoms with E-state index in [2.05, 4.69) is 5.32 Å². The molecule has 1 aromatic carbocycles. The molecule has 0 atom stereocenters. The molecule has 3 rings (SSSR count). The van der Waals surface area contributed by atoms with Gasteiger partial charge in [0.25, 0.3) is 5.91 Å². The fourth-order valence-electron chi connectivity index (χ4n) is 3.05. The van der Waals surface area contributed by atoms with Crippen molar-refractivity contribution in [3.63, 3.8) is 0 Å². The molecule has 0 saturated carbocycles. The first-order chi connectivity index (χ1) is 14.0. The molecule has 7 heteroatoms. The Hall–Kier alpha value is -3.48. The van der Waals surface area contributed by atoms with Crippen LogP contribution in [0, 0.1) is 13.8 Å². The van der Waals surface area contributed by atoms with Crippen LogP contribution in [0.1, 0.15) is 33.1 Å². The van der Waals surface area contributed by atoms with Crippen molar-refractivity contribution in [2.75, 3.05) is 13.7 Å². The molecule has 0 bridgehead atoms. The molecule has 0 aliphatic rings. The third kappa shape index (κ3) is 5.07. The molecule has 0 aliphatic carbocycles. The summed E-state index contributed by atoms with van der Waals surface area (Å²) < 4.78 is 17.7. The first-order valence-electron chi connectivity index (χ1n) is 9.23. The number of aryl methyl sites for hydroxylation is 1. The van der Waals surface area contributed by atoms with Crippen LogP contribution in [0.25, 0.3) is 0 Å². The molecule has 2 aromatic heterocycles. The number of nitrogens with zero attached hydrogens (tertiary/aromatic N) is 1. The van der Waals surface area contributed by atoms with Crippen molar-refractivity contribution in [2.24, 2.45) is 0 Å². The second kappa shape index (κ2) is 9.14. The number of esters is 1. The van der Waals surface area contributed by atoms with Crippen molar-refractivity contribution in [1.82, 2.24) is 9.88 Å². The van der Waals surface area contributed by atoms with Gasteiger partial charge >= 0.3 is 5.97 Å². The summed E-state index contributed by atoms with van der Waals surface area (Å²) in [7, 11) is 1.59. The smallest absolute Gasteiger partial charge is 0.340 e. The number of furan rings is 1. The second-order valence-electron chi connectivity index (χ2n) is 6.65. The van der Waals surface area contributed by atoms with Crippen molar-refractivity contribution in [2.45, 2.75) is 26.9 Å². The lowest BCUT2D eigenvalue weighted by molar-refractivity contribution is -0.124. The third-order valence-electron chi connectivity index (χ3n) is 4.65. The molecular formula is C22H24N2O5. The minimum absolute atomic E-state index is 0.325. The molecule has 1 N–H and O–H groups in total. The molecule has 0 unspecified atom stereocenters. The van der Waals surface area contributed by atoms with Crippen molar-refractivity contribution in [1.29, 1.82) is 0 Å². The summed E-state index contributed by atoms with van der Waals surface area (Å²) in [4.78, 5) is 24.5. The lowest BCUT2D eigenvalue weighted by atomic mass is 10.2.